The van der Waals surface area contributed by atoms with Gasteiger partial charge in [0.2, 0.25) is 0 Å². The summed E-state index contributed by atoms with van der Waals surface area (Å²) in [7, 11) is 4.45. The fraction of sp³-hybridized carbons (Fsp3) is 0.105. The zero-order valence-electron chi connectivity index (χ0n) is 13.0. The first kappa shape index (κ1) is 19.1. The van der Waals surface area contributed by atoms with E-state index in [0.29, 0.717) is 0 Å². The van der Waals surface area contributed by atoms with Crippen LogP contribution in [0, 0.1) is 54.6 Å². The van der Waals surface area contributed by atoms with E-state index in [2.05, 4.69) is 71.1 Å². The molecular formula is C19H16INSU-2. The van der Waals surface area contributed by atoms with Gasteiger partial charge in [-0.05, 0) is 0 Å². The molecule has 3 aromatic rings. The fourth-order valence-corrected chi connectivity index (χ4v) is 4.00. The van der Waals surface area contributed by atoms with Crippen molar-refractivity contribution in [2.24, 2.45) is 0 Å². The molecule has 0 N–H and O–H groups in total. The Labute approximate surface area is 175 Å². The summed E-state index contributed by atoms with van der Waals surface area (Å²) in [6, 6.07) is 20.2. The van der Waals surface area contributed by atoms with Gasteiger partial charge in [0.15, 0.2) is 0 Å². The first-order chi connectivity index (χ1) is 10.7. The summed E-state index contributed by atoms with van der Waals surface area (Å²) in [6.45, 7) is 4.24. The van der Waals surface area contributed by atoms with E-state index < -0.39 is 0 Å². The number of nitrogens with zero attached hydrogens (tertiary/aromatic N) is 1. The van der Waals surface area contributed by atoms with Gasteiger partial charge in [0.25, 0.3) is 0 Å². The Bertz CT molecular complexity index is 800. The molecule has 0 spiro atoms. The molecule has 3 rings (SSSR count). The second-order valence-corrected chi connectivity index (χ2v) is 8.19. The summed E-state index contributed by atoms with van der Waals surface area (Å²) in [5, 5.41) is 0. The normalized spacial score (nSPS) is 10.4. The van der Waals surface area contributed by atoms with E-state index in [4.69, 9.17) is 0 Å². The number of benzene rings is 2. The minimum atomic E-state index is -0.213. The summed E-state index contributed by atoms with van der Waals surface area (Å²) >= 11 is -0.213. The molecule has 0 saturated heterocycles. The molecule has 1 aromatic heterocycles. The summed E-state index contributed by atoms with van der Waals surface area (Å²) < 4.78 is 1.28. The van der Waals surface area contributed by atoms with E-state index in [1.54, 1.807) is 0 Å². The van der Waals surface area contributed by atoms with Crippen LogP contribution < -0.4 is 19.8 Å². The molecule has 0 amide bonds. The first-order valence-electron chi connectivity index (χ1n) is 7.00. The second kappa shape index (κ2) is 8.71. The summed E-state index contributed by atoms with van der Waals surface area (Å²) in [5.74, 6) is 0. The molecule has 0 saturated carbocycles. The van der Waals surface area contributed by atoms with Gasteiger partial charge in [0.05, 0.1) is 0 Å². The molecule has 0 aliphatic carbocycles. The third-order valence-corrected chi connectivity index (χ3v) is 5.95. The second-order valence-electron chi connectivity index (χ2n) is 5.33. The Morgan fingerprint density at radius 2 is 1.65 bits per heavy atom. The number of hydrogen-bond donors (Lipinski definition) is 1. The monoisotopic (exact) mass is 655 g/mol. The predicted molar refractivity (Wildman–Crippen MR) is 91.1 cm³/mol. The topological polar surface area (TPSA) is 12.9 Å². The van der Waals surface area contributed by atoms with Crippen molar-refractivity contribution in [3.8, 4) is 22.4 Å². The van der Waals surface area contributed by atoms with Crippen molar-refractivity contribution in [2.75, 3.05) is 0 Å². The molecule has 0 unspecified atom stereocenters. The van der Waals surface area contributed by atoms with Crippen molar-refractivity contribution in [1.82, 2.24) is 4.98 Å². The van der Waals surface area contributed by atoms with Crippen molar-refractivity contribution >= 4 is 9.80 Å². The van der Waals surface area contributed by atoms with E-state index in [1.807, 2.05) is 18.3 Å². The molecule has 1 heterocycles. The predicted octanol–water partition coefficient (Wildman–Crippen LogP) is 1.94. The van der Waals surface area contributed by atoms with Crippen LogP contribution >= 0.6 is 9.80 Å². The molecule has 2 aromatic carbocycles. The van der Waals surface area contributed by atoms with E-state index in [0.717, 1.165) is 5.69 Å². The first-order valence-corrected chi connectivity index (χ1v) is 11.3. The van der Waals surface area contributed by atoms with E-state index >= 15 is 0 Å². The van der Waals surface area contributed by atoms with Gasteiger partial charge in [0.1, 0.15) is 0 Å². The maximum Gasteiger partial charge on any atom is 0 e. The molecule has 0 bridgehead atoms. The number of halogens is 1. The molecule has 1 nitrogen and oxygen atoms in total. The van der Waals surface area contributed by atoms with Crippen LogP contribution in [0.5, 0.6) is 0 Å². The van der Waals surface area contributed by atoms with Crippen LogP contribution in [0.2, 0.25) is 0 Å². The Hall–Kier alpha value is -0.278. The van der Waals surface area contributed by atoms with Crippen LogP contribution in [-0.4, -0.2) is 4.98 Å². The zero-order valence-corrected chi connectivity index (χ0v) is 20.2. The van der Waals surface area contributed by atoms with Crippen molar-refractivity contribution in [3.63, 3.8) is 0 Å². The smallest absolute Gasteiger partial charge is 0 e. The third-order valence-electron chi connectivity index (χ3n) is 3.46. The van der Waals surface area contributed by atoms with E-state index in [-0.39, 0.29) is 50.9 Å². The summed E-state index contributed by atoms with van der Waals surface area (Å²) in [6.07, 6.45) is 1.88. The SMILES string of the molecule is Cc1cc(C)cc(-c2cc(-c3c[c-]cc([I-]S)c3)ccn2)c1.[U]. The number of aryl methyl sites for hydroxylation is 2. The molecule has 0 aliphatic heterocycles. The number of pyridine rings is 1. The Kier molecular flexibility index (Phi) is 7.22. The maximum atomic E-state index is 4.54. The Balaban J connectivity index is 0.00000192. The molecular weight excluding hydrogens is 639 g/mol. The van der Waals surface area contributed by atoms with Crippen LogP contribution in [0.3, 0.4) is 0 Å². The van der Waals surface area contributed by atoms with E-state index in [9.17, 15) is 0 Å². The minimum absolute atomic E-state index is 0. The van der Waals surface area contributed by atoms with Gasteiger partial charge >= 0.3 is 146 Å². The molecule has 116 valence electrons. The molecule has 4 heteroatoms. The van der Waals surface area contributed by atoms with Gasteiger partial charge in [-0.1, -0.05) is 0 Å². The molecule has 0 radical (unpaired) electrons. The van der Waals surface area contributed by atoms with Gasteiger partial charge in [-0.15, -0.1) is 0 Å². The van der Waals surface area contributed by atoms with Gasteiger partial charge in [0, 0.05) is 31.1 Å². The number of hydrogen-bond acceptors (Lipinski definition) is 2. The Morgan fingerprint density at radius 1 is 0.913 bits per heavy atom. The average molecular weight is 655 g/mol. The van der Waals surface area contributed by atoms with Crippen LogP contribution in [-0.2, 0) is 0 Å². The molecule has 0 fully saturated rings. The van der Waals surface area contributed by atoms with E-state index in [1.165, 1.54) is 31.4 Å². The standard InChI is InChI=1S/C19H16INS.U/c1-13-8-14(2)10-17(9-13)19-12-16(6-7-21-19)15-4-3-5-18(11-15)20-22;/h4-12,22H,1-2H3;/q-2;. The van der Waals surface area contributed by atoms with Crippen molar-refractivity contribution in [2.45, 2.75) is 13.8 Å². The van der Waals surface area contributed by atoms with Gasteiger partial charge in [-0.3, -0.25) is 0 Å². The number of thiol groups is 1. The van der Waals surface area contributed by atoms with Gasteiger partial charge in [-0.25, -0.2) is 0 Å². The summed E-state index contributed by atoms with van der Waals surface area (Å²) in [4.78, 5) is 4.54. The van der Waals surface area contributed by atoms with Crippen LogP contribution in [0.25, 0.3) is 22.4 Å². The quantitative estimate of drug-likeness (QED) is 0.259. The van der Waals surface area contributed by atoms with Crippen molar-refractivity contribution < 1.29 is 50.9 Å². The number of rotatable bonds is 3. The number of aromatic nitrogens is 1. The largest absolute Gasteiger partial charge is 0 e. The van der Waals surface area contributed by atoms with Crippen LogP contribution in [0.15, 0.2) is 54.7 Å². The molecule has 0 aliphatic rings. The van der Waals surface area contributed by atoms with Crippen LogP contribution in [0.1, 0.15) is 11.1 Å². The minimum Gasteiger partial charge on any atom is 0 e. The third kappa shape index (κ3) is 4.85. The Morgan fingerprint density at radius 3 is 2.35 bits per heavy atom. The van der Waals surface area contributed by atoms with Crippen molar-refractivity contribution in [1.29, 1.82) is 0 Å². The van der Waals surface area contributed by atoms with Crippen LogP contribution in [0.4, 0.5) is 0 Å². The van der Waals surface area contributed by atoms with Crippen molar-refractivity contribution in [3.05, 3.63) is 75.5 Å². The summed E-state index contributed by atoms with van der Waals surface area (Å²) in [5.41, 5.74) is 7.05. The zero-order chi connectivity index (χ0) is 15.5. The molecule has 0 atom stereocenters. The average Bonchev–Trinajstić information content (AvgIpc) is 2.54. The maximum absolute atomic E-state index is 4.54. The fourth-order valence-electron chi connectivity index (χ4n) is 2.55. The molecule has 23 heavy (non-hydrogen) atoms. The van der Waals surface area contributed by atoms with Gasteiger partial charge < -0.3 is 0 Å². The van der Waals surface area contributed by atoms with Gasteiger partial charge in [-0.2, -0.15) is 0 Å².